The van der Waals surface area contributed by atoms with Gasteiger partial charge in [-0.25, -0.2) is 4.79 Å². The van der Waals surface area contributed by atoms with Gasteiger partial charge in [-0.3, -0.25) is 14.6 Å². The molecule has 9 heteroatoms. The maximum absolute atomic E-state index is 12.5. The van der Waals surface area contributed by atoms with Gasteiger partial charge < -0.3 is 15.7 Å². The number of likely N-dealkylation sites (tertiary alicyclic amines) is 1. The molecule has 0 saturated carbocycles. The molecule has 2 atom stereocenters. The maximum Gasteiger partial charge on any atom is 0.408 e. The zero-order chi connectivity index (χ0) is 25.3. The third kappa shape index (κ3) is 6.77. The van der Waals surface area contributed by atoms with E-state index in [2.05, 4.69) is 35.2 Å². The summed E-state index contributed by atoms with van der Waals surface area (Å²) in [7, 11) is 0. The lowest BCUT2D eigenvalue weighted by Gasteiger charge is -2.43. The molecule has 2 aliphatic rings. The Morgan fingerprint density at radius 1 is 1.05 bits per heavy atom. The predicted octanol–water partition coefficient (Wildman–Crippen LogP) is 5.69. The lowest BCUT2D eigenvalue weighted by molar-refractivity contribution is -0.117. The molecule has 2 aromatic rings. The van der Waals surface area contributed by atoms with E-state index >= 15 is 0 Å². The van der Waals surface area contributed by atoms with E-state index in [9.17, 15) is 14.7 Å². The van der Waals surface area contributed by atoms with Gasteiger partial charge in [-0.1, -0.05) is 30.3 Å². The summed E-state index contributed by atoms with van der Waals surface area (Å²) in [5.74, 6) is -0.0283. The number of nitrogens with zero attached hydrogens (tertiary/aromatic N) is 3. The van der Waals surface area contributed by atoms with Gasteiger partial charge in [-0.15, -0.1) is 24.8 Å². The number of hydrogen-bond donors (Lipinski definition) is 2. The minimum Gasteiger partial charge on any atom is -0.465 e. The first-order chi connectivity index (χ1) is 16.7. The fraction of sp³-hybridized carbons (Fsp3) is 0.500. The molecule has 0 bridgehead atoms. The summed E-state index contributed by atoms with van der Waals surface area (Å²) in [6, 6.07) is 14.4. The van der Waals surface area contributed by atoms with E-state index < -0.39 is 6.09 Å². The number of fused-ring (bicyclic) bond motifs is 1. The van der Waals surface area contributed by atoms with Crippen LogP contribution >= 0.6 is 24.8 Å². The van der Waals surface area contributed by atoms with Crippen LogP contribution in [-0.4, -0.2) is 58.1 Å². The van der Waals surface area contributed by atoms with Crippen LogP contribution in [0.3, 0.4) is 0 Å². The molecule has 1 fully saturated rings. The van der Waals surface area contributed by atoms with Crippen LogP contribution in [0.1, 0.15) is 64.1 Å². The first kappa shape index (κ1) is 30.9. The molecule has 1 saturated heterocycles. The van der Waals surface area contributed by atoms with Gasteiger partial charge >= 0.3 is 6.09 Å². The van der Waals surface area contributed by atoms with Crippen LogP contribution in [-0.2, 0) is 11.3 Å². The van der Waals surface area contributed by atoms with Crippen molar-refractivity contribution in [2.24, 2.45) is 5.73 Å². The van der Waals surface area contributed by atoms with E-state index in [4.69, 9.17) is 5.73 Å². The Kier molecular flexibility index (Phi) is 10.8. The number of anilines is 1. The number of hydrogen-bond acceptors (Lipinski definition) is 4. The Balaban J connectivity index is 0.00000241. The molecule has 204 valence electrons. The highest BCUT2D eigenvalue weighted by molar-refractivity contribution is 5.94. The molecule has 3 N–H and O–H groups in total. The van der Waals surface area contributed by atoms with Gasteiger partial charge in [-0.2, -0.15) is 0 Å². The van der Waals surface area contributed by atoms with Gasteiger partial charge in [0.2, 0.25) is 5.91 Å². The van der Waals surface area contributed by atoms with Gasteiger partial charge in [0.25, 0.3) is 0 Å². The van der Waals surface area contributed by atoms with Crippen LogP contribution in [0.5, 0.6) is 0 Å². The highest BCUT2D eigenvalue weighted by atomic mass is 35.5. The molecule has 2 amide bonds. The van der Waals surface area contributed by atoms with Crippen LogP contribution in [0.15, 0.2) is 42.5 Å². The second-order valence-electron chi connectivity index (χ2n) is 10.4. The van der Waals surface area contributed by atoms with Gasteiger partial charge in [-0.05, 0) is 87.5 Å². The molecule has 2 aromatic carbocycles. The largest absolute Gasteiger partial charge is 0.465 e. The number of halogens is 2. The number of amides is 2. The monoisotopic (exact) mass is 550 g/mol. The first-order valence-corrected chi connectivity index (χ1v) is 12.7. The average molecular weight is 552 g/mol. The van der Waals surface area contributed by atoms with Crippen molar-refractivity contribution in [2.75, 3.05) is 18.0 Å². The van der Waals surface area contributed by atoms with E-state index in [-0.39, 0.29) is 48.8 Å². The van der Waals surface area contributed by atoms with Gasteiger partial charge in [0.1, 0.15) is 0 Å². The van der Waals surface area contributed by atoms with Crippen molar-refractivity contribution in [3.05, 3.63) is 53.6 Å². The normalized spacial score (nSPS) is 20.0. The van der Waals surface area contributed by atoms with E-state index in [1.54, 1.807) is 11.8 Å². The van der Waals surface area contributed by atoms with Crippen molar-refractivity contribution >= 4 is 42.5 Å². The Morgan fingerprint density at radius 3 is 2.19 bits per heavy atom. The number of benzene rings is 2. The Hall–Kier alpha value is -2.32. The Morgan fingerprint density at radius 2 is 1.65 bits per heavy atom. The standard InChI is InChI=1S/C28H38N4O3.2ClH/c1-18(2)31(28(34)35)27-15-19(3)32(20(4)33)26-10-9-23(16-25(26)27)22-7-5-21(6-8-22)17-30-13-11-24(29)12-14-30;;/h5-10,16,18-19,24,27H,11-15,17,29H2,1-4H3,(H,34,35);2*1H/t19-,27+;;/m0../s1. The van der Waals surface area contributed by atoms with Gasteiger partial charge in [0.05, 0.1) is 6.04 Å². The fourth-order valence-corrected chi connectivity index (χ4v) is 5.64. The Labute approximate surface area is 232 Å². The third-order valence-corrected chi connectivity index (χ3v) is 7.43. The number of carboxylic acid groups (broad SMARTS) is 1. The SMILES string of the molecule is CC(=O)N1c2ccc(-c3ccc(CN4CCC(N)CC4)cc3)cc2[C@H](N(C(=O)O)C(C)C)C[C@@H]1C.Cl.Cl. The lowest BCUT2D eigenvalue weighted by Crippen LogP contribution is -2.48. The van der Waals surface area contributed by atoms with E-state index in [1.807, 2.05) is 32.9 Å². The predicted molar refractivity (Wildman–Crippen MR) is 154 cm³/mol. The van der Waals surface area contributed by atoms with Crippen LogP contribution in [0.25, 0.3) is 11.1 Å². The lowest BCUT2D eigenvalue weighted by atomic mass is 9.87. The zero-order valence-electron chi connectivity index (χ0n) is 22.1. The minimum absolute atomic E-state index is 0. The van der Waals surface area contributed by atoms with Crippen molar-refractivity contribution in [3.63, 3.8) is 0 Å². The van der Waals surface area contributed by atoms with Crippen molar-refractivity contribution in [1.82, 2.24) is 9.80 Å². The number of carbonyl (C=O) groups is 2. The summed E-state index contributed by atoms with van der Waals surface area (Å²) in [6.45, 7) is 10.3. The minimum atomic E-state index is -0.937. The second kappa shape index (κ2) is 13.0. The van der Waals surface area contributed by atoms with Crippen LogP contribution in [0, 0.1) is 0 Å². The summed E-state index contributed by atoms with van der Waals surface area (Å²) < 4.78 is 0. The third-order valence-electron chi connectivity index (χ3n) is 7.43. The molecule has 2 heterocycles. The smallest absolute Gasteiger partial charge is 0.408 e. The molecular formula is C28H40Cl2N4O3. The second-order valence-corrected chi connectivity index (χ2v) is 10.4. The molecule has 2 aliphatic heterocycles. The van der Waals surface area contributed by atoms with E-state index in [1.165, 1.54) is 10.5 Å². The van der Waals surface area contributed by atoms with E-state index in [0.717, 1.165) is 54.9 Å². The van der Waals surface area contributed by atoms with E-state index in [0.29, 0.717) is 12.5 Å². The molecule has 0 aliphatic carbocycles. The van der Waals surface area contributed by atoms with Crippen molar-refractivity contribution in [3.8, 4) is 11.1 Å². The molecule has 0 unspecified atom stereocenters. The number of piperidine rings is 1. The maximum atomic E-state index is 12.5. The molecule has 7 nitrogen and oxygen atoms in total. The van der Waals surface area contributed by atoms with Crippen LogP contribution < -0.4 is 10.6 Å². The van der Waals surface area contributed by atoms with Crippen LogP contribution in [0.2, 0.25) is 0 Å². The molecule has 37 heavy (non-hydrogen) atoms. The molecule has 0 radical (unpaired) electrons. The summed E-state index contributed by atoms with van der Waals surface area (Å²) in [4.78, 5) is 30.4. The van der Waals surface area contributed by atoms with Crippen molar-refractivity contribution < 1.29 is 14.7 Å². The number of nitrogens with two attached hydrogens (primary N) is 1. The highest BCUT2D eigenvalue weighted by Gasteiger charge is 2.38. The number of carbonyl (C=O) groups excluding carboxylic acids is 1. The number of rotatable bonds is 5. The van der Waals surface area contributed by atoms with Crippen molar-refractivity contribution in [2.45, 2.75) is 77.7 Å². The summed E-state index contributed by atoms with van der Waals surface area (Å²) in [5.41, 5.74) is 11.1. The fourth-order valence-electron chi connectivity index (χ4n) is 5.64. The topological polar surface area (TPSA) is 90.1 Å². The zero-order valence-corrected chi connectivity index (χ0v) is 23.7. The molecular weight excluding hydrogens is 511 g/mol. The van der Waals surface area contributed by atoms with Gasteiger partial charge in [0.15, 0.2) is 0 Å². The molecule has 0 spiro atoms. The van der Waals surface area contributed by atoms with Crippen molar-refractivity contribution in [1.29, 1.82) is 0 Å². The molecule has 4 rings (SSSR count). The Bertz CT molecular complexity index is 1070. The first-order valence-electron chi connectivity index (χ1n) is 12.7. The summed E-state index contributed by atoms with van der Waals surface area (Å²) in [6.07, 6.45) is 1.73. The summed E-state index contributed by atoms with van der Waals surface area (Å²) in [5, 5.41) is 9.98. The summed E-state index contributed by atoms with van der Waals surface area (Å²) >= 11 is 0. The quantitative estimate of drug-likeness (QED) is 0.498. The highest BCUT2D eigenvalue weighted by Crippen LogP contribution is 2.43. The van der Waals surface area contributed by atoms with Crippen LogP contribution in [0.4, 0.5) is 10.5 Å². The average Bonchev–Trinajstić information content (AvgIpc) is 2.80. The van der Waals surface area contributed by atoms with Gasteiger partial charge in [0, 0.05) is 37.3 Å². The molecule has 0 aromatic heterocycles.